The van der Waals surface area contributed by atoms with Crippen molar-refractivity contribution in [2.24, 2.45) is 0 Å². The number of carbonyl (C=O) groups is 1. The number of benzene rings is 1. The van der Waals surface area contributed by atoms with Crippen LogP contribution in [0, 0.1) is 0 Å². The van der Waals surface area contributed by atoms with E-state index in [2.05, 4.69) is 47.0 Å². The summed E-state index contributed by atoms with van der Waals surface area (Å²) in [4.78, 5) is 19.2. The number of ether oxygens (including phenoxy) is 2. The predicted octanol–water partition coefficient (Wildman–Crippen LogP) is 1.85. The zero-order valence-corrected chi connectivity index (χ0v) is 18.9. The van der Waals surface area contributed by atoms with Crippen LogP contribution in [0.25, 0.3) is 0 Å². The quantitative estimate of drug-likeness (QED) is 0.505. The van der Waals surface area contributed by atoms with E-state index in [4.69, 9.17) is 9.47 Å². The van der Waals surface area contributed by atoms with Crippen molar-refractivity contribution in [3.8, 4) is 0 Å². The molecule has 2 aliphatic rings. The Morgan fingerprint density at radius 3 is 2.88 bits per heavy atom. The molecule has 172 valence electrons. The Kier molecular flexibility index (Phi) is 6.37. The number of carbonyl (C=O) groups excluding carboxylic acids is 1. The van der Waals surface area contributed by atoms with E-state index in [9.17, 15) is 4.79 Å². The SMILES string of the molecule is COC(C(=O)Nc1nnc(N[C@@H]2CCN(c3nccnn3)C2)s1)c1cccc(C2COC2)c1. The van der Waals surface area contributed by atoms with Gasteiger partial charge in [0.25, 0.3) is 5.91 Å². The normalized spacial score (nSPS) is 19.2. The van der Waals surface area contributed by atoms with E-state index in [0.717, 1.165) is 30.6 Å². The van der Waals surface area contributed by atoms with E-state index in [0.29, 0.717) is 35.3 Å². The number of rotatable bonds is 8. The third-order valence-electron chi connectivity index (χ3n) is 5.72. The van der Waals surface area contributed by atoms with Gasteiger partial charge in [0.1, 0.15) is 0 Å². The summed E-state index contributed by atoms with van der Waals surface area (Å²) in [6, 6.07) is 8.06. The zero-order valence-electron chi connectivity index (χ0n) is 18.0. The average Bonchev–Trinajstić information content (AvgIpc) is 3.44. The molecule has 0 spiro atoms. The van der Waals surface area contributed by atoms with Gasteiger partial charge in [-0.2, -0.15) is 5.10 Å². The lowest BCUT2D eigenvalue weighted by atomic mass is 9.94. The van der Waals surface area contributed by atoms with Gasteiger partial charge in [-0.15, -0.1) is 15.3 Å². The van der Waals surface area contributed by atoms with Gasteiger partial charge >= 0.3 is 0 Å². The smallest absolute Gasteiger partial charge is 0.259 e. The molecule has 2 atom stereocenters. The molecule has 2 aromatic heterocycles. The summed E-state index contributed by atoms with van der Waals surface area (Å²) < 4.78 is 10.8. The van der Waals surface area contributed by atoms with Crippen LogP contribution in [0.3, 0.4) is 0 Å². The number of nitrogens with one attached hydrogen (secondary N) is 2. The average molecular weight is 469 g/mol. The fraction of sp³-hybridized carbons (Fsp3) is 0.429. The fourth-order valence-corrected chi connectivity index (χ4v) is 4.65. The molecule has 5 rings (SSSR count). The number of amides is 1. The van der Waals surface area contributed by atoms with Crippen molar-refractivity contribution in [3.63, 3.8) is 0 Å². The molecule has 1 aromatic carbocycles. The summed E-state index contributed by atoms with van der Waals surface area (Å²) >= 11 is 1.29. The van der Waals surface area contributed by atoms with E-state index in [-0.39, 0.29) is 11.9 Å². The number of nitrogens with zero attached hydrogens (tertiary/aromatic N) is 6. The van der Waals surface area contributed by atoms with E-state index < -0.39 is 6.10 Å². The fourth-order valence-electron chi connectivity index (χ4n) is 3.92. The number of aromatic nitrogens is 5. The van der Waals surface area contributed by atoms with Crippen molar-refractivity contribution < 1.29 is 14.3 Å². The van der Waals surface area contributed by atoms with Crippen LogP contribution in [0.2, 0.25) is 0 Å². The molecule has 0 radical (unpaired) electrons. The minimum absolute atomic E-state index is 0.176. The van der Waals surface area contributed by atoms with Gasteiger partial charge < -0.3 is 19.7 Å². The van der Waals surface area contributed by atoms with Crippen LogP contribution in [0.5, 0.6) is 0 Å². The molecule has 0 bridgehead atoms. The highest BCUT2D eigenvalue weighted by Gasteiger charge is 2.27. The second kappa shape index (κ2) is 9.73. The Balaban J connectivity index is 1.18. The van der Waals surface area contributed by atoms with Crippen LogP contribution < -0.4 is 15.5 Å². The molecule has 2 aliphatic heterocycles. The number of hydrogen-bond donors (Lipinski definition) is 2. The van der Waals surface area contributed by atoms with E-state index >= 15 is 0 Å². The summed E-state index contributed by atoms with van der Waals surface area (Å²) in [6.45, 7) is 2.98. The molecule has 1 amide bonds. The highest BCUT2D eigenvalue weighted by molar-refractivity contribution is 7.19. The third-order valence-corrected chi connectivity index (χ3v) is 6.49. The lowest BCUT2D eigenvalue weighted by Gasteiger charge is -2.27. The number of hydrogen-bond acceptors (Lipinski definition) is 11. The molecular formula is C21H24N8O3S. The first-order valence-corrected chi connectivity index (χ1v) is 11.5. The maximum absolute atomic E-state index is 12.9. The van der Waals surface area contributed by atoms with Crippen LogP contribution in [-0.4, -0.2) is 70.7 Å². The van der Waals surface area contributed by atoms with E-state index in [1.165, 1.54) is 18.4 Å². The standard InChI is InChI=1S/C21H24N8O3S/c1-31-17(14-4-2-3-13(9-14)15-11-32-12-15)18(30)25-21-28-27-20(33-21)24-16-5-8-29(10-16)19-22-6-7-23-26-19/h2-4,6-7,9,15-17H,5,8,10-12H2,1H3,(H,24,27)(H,25,28,30)/t16-,17?/m1/s1. The number of methoxy groups -OCH3 is 1. The summed E-state index contributed by atoms with van der Waals surface area (Å²) in [6.07, 6.45) is 3.36. The highest BCUT2D eigenvalue weighted by Crippen LogP contribution is 2.29. The lowest BCUT2D eigenvalue weighted by molar-refractivity contribution is -0.126. The molecule has 12 heteroatoms. The van der Waals surface area contributed by atoms with Crippen molar-refractivity contribution in [2.45, 2.75) is 24.5 Å². The van der Waals surface area contributed by atoms with Gasteiger partial charge in [0, 0.05) is 32.2 Å². The predicted molar refractivity (Wildman–Crippen MR) is 122 cm³/mol. The van der Waals surface area contributed by atoms with Gasteiger partial charge in [0.15, 0.2) is 6.10 Å². The molecule has 11 nitrogen and oxygen atoms in total. The van der Waals surface area contributed by atoms with Gasteiger partial charge in [-0.25, -0.2) is 4.98 Å². The van der Waals surface area contributed by atoms with Crippen molar-refractivity contribution in [2.75, 3.05) is 48.9 Å². The molecule has 2 N–H and O–H groups in total. The van der Waals surface area contributed by atoms with Gasteiger partial charge in [-0.3, -0.25) is 10.1 Å². The monoisotopic (exact) mass is 468 g/mol. The minimum Gasteiger partial charge on any atom is -0.380 e. The topological polar surface area (TPSA) is 127 Å². The second-order valence-corrected chi connectivity index (χ2v) is 8.92. The van der Waals surface area contributed by atoms with Gasteiger partial charge in [0.05, 0.1) is 25.6 Å². The van der Waals surface area contributed by atoms with Crippen molar-refractivity contribution in [3.05, 3.63) is 47.8 Å². The van der Waals surface area contributed by atoms with Crippen LogP contribution in [0.1, 0.15) is 29.6 Å². The Hall–Kier alpha value is -3.22. The minimum atomic E-state index is -0.742. The Morgan fingerprint density at radius 2 is 2.12 bits per heavy atom. The number of anilines is 3. The first-order chi connectivity index (χ1) is 16.2. The highest BCUT2D eigenvalue weighted by atomic mass is 32.1. The largest absolute Gasteiger partial charge is 0.380 e. The van der Waals surface area contributed by atoms with Crippen molar-refractivity contribution >= 4 is 33.5 Å². The van der Waals surface area contributed by atoms with Gasteiger partial charge in [-0.1, -0.05) is 35.6 Å². The molecule has 33 heavy (non-hydrogen) atoms. The zero-order chi connectivity index (χ0) is 22.6. The Bertz CT molecular complexity index is 1090. The van der Waals surface area contributed by atoms with Crippen LogP contribution in [0.15, 0.2) is 36.7 Å². The van der Waals surface area contributed by atoms with Gasteiger partial charge in [-0.05, 0) is 17.5 Å². The third kappa shape index (κ3) is 4.92. The lowest BCUT2D eigenvalue weighted by Crippen LogP contribution is -2.27. The van der Waals surface area contributed by atoms with Crippen LogP contribution in [-0.2, 0) is 14.3 Å². The Morgan fingerprint density at radius 1 is 1.24 bits per heavy atom. The summed E-state index contributed by atoms with van der Waals surface area (Å²) in [5.74, 6) is 0.702. The molecule has 2 saturated heterocycles. The van der Waals surface area contributed by atoms with Crippen LogP contribution in [0.4, 0.5) is 16.2 Å². The maximum atomic E-state index is 12.9. The maximum Gasteiger partial charge on any atom is 0.259 e. The molecule has 4 heterocycles. The van der Waals surface area contributed by atoms with Gasteiger partial charge in [0.2, 0.25) is 16.2 Å². The van der Waals surface area contributed by atoms with E-state index in [1.54, 1.807) is 12.4 Å². The van der Waals surface area contributed by atoms with Crippen molar-refractivity contribution in [1.82, 2.24) is 25.4 Å². The summed E-state index contributed by atoms with van der Waals surface area (Å²) in [7, 11) is 1.52. The summed E-state index contributed by atoms with van der Waals surface area (Å²) in [5.41, 5.74) is 1.95. The van der Waals surface area contributed by atoms with E-state index in [1.807, 2.05) is 18.2 Å². The molecule has 0 saturated carbocycles. The van der Waals surface area contributed by atoms with Crippen molar-refractivity contribution in [1.29, 1.82) is 0 Å². The Labute approximate surface area is 194 Å². The molecule has 0 aliphatic carbocycles. The first kappa shape index (κ1) is 21.6. The van der Waals surface area contributed by atoms with Crippen LogP contribution >= 0.6 is 11.3 Å². The molecule has 1 unspecified atom stereocenters. The summed E-state index contributed by atoms with van der Waals surface area (Å²) in [5, 5.41) is 23.5. The first-order valence-electron chi connectivity index (χ1n) is 10.7. The molecule has 3 aromatic rings. The molecular weight excluding hydrogens is 444 g/mol. The molecule has 2 fully saturated rings. The second-order valence-electron chi connectivity index (χ2n) is 7.94.